The summed E-state index contributed by atoms with van der Waals surface area (Å²) in [6, 6.07) is 8.48. The van der Waals surface area contributed by atoms with E-state index < -0.39 is 0 Å². The van der Waals surface area contributed by atoms with Crippen molar-refractivity contribution in [3.8, 4) is 0 Å². The Hall–Kier alpha value is -1.24. The molecular weight excluding hydrogens is 232 g/mol. The second-order valence-corrected chi connectivity index (χ2v) is 2.15. The van der Waals surface area contributed by atoms with Gasteiger partial charge in [-0.1, -0.05) is 35.4 Å². The first kappa shape index (κ1) is 23.5. The average molecular weight is 248 g/mol. The van der Waals surface area contributed by atoms with Crippen LogP contribution < -0.4 is 0 Å². The first-order valence-electron chi connectivity index (χ1n) is 3.69. The van der Waals surface area contributed by atoms with E-state index in [4.69, 9.17) is 14.4 Å². The van der Waals surface area contributed by atoms with E-state index in [2.05, 4.69) is 38.1 Å². The Bertz CT molecular complexity index is 186. The Labute approximate surface area is 102 Å². The Morgan fingerprint density at radius 2 is 0.800 bits per heavy atom. The summed E-state index contributed by atoms with van der Waals surface area (Å²) in [6.45, 7) is 10.2. The number of carbonyl (C=O) groups excluding carboxylic acids is 3. The smallest absolute Gasteiger partial charge is 0.106 e. The molecule has 0 radical (unpaired) electrons. The molecule has 15 heavy (non-hydrogen) atoms. The van der Waals surface area contributed by atoms with E-state index in [1.807, 2.05) is 20.4 Å². The van der Waals surface area contributed by atoms with Gasteiger partial charge in [-0.2, -0.15) is 0 Å². The van der Waals surface area contributed by atoms with Crippen molar-refractivity contribution < 1.29 is 31.7 Å². The molecule has 1 aromatic carbocycles. The van der Waals surface area contributed by atoms with Crippen LogP contribution in [0.25, 0.3) is 0 Å². The van der Waals surface area contributed by atoms with Crippen LogP contribution in [0.3, 0.4) is 0 Å². The zero-order chi connectivity index (χ0) is 12.0. The van der Waals surface area contributed by atoms with Gasteiger partial charge in [-0.05, 0) is 13.8 Å². The molecule has 0 amide bonds. The fourth-order valence-corrected chi connectivity index (χ4v) is 0.637. The van der Waals surface area contributed by atoms with Gasteiger partial charge >= 0.3 is 0 Å². The normalized spacial score (nSPS) is 5.73. The van der Waals surface area contributed by atoms with Gasteiger partial charge in [0.15, 0.2) is 0 Å². The first-order valence-corrected chi connectivity index (χ1v) is 3.69. The van der Waals surface area contributed by atoms with Gasteiger partial charge in [0, 0.05) is 17.4 Å². The molecule has 4 heteroatoms. The number of hydrogen-bond donors (Lipinski definition) is 0. The molecule has 0 aliphatic heterocycles. The zero-order valence-electron chi connectivity index (χ0n) is 9.06. The van der Waals surface area contributed by atoms with Gasteiger partial charge in [0.2, 0.25) is 0 Å². The van der Waals surface area contributed by atoms with Crippen LogP contribution in [0.15, 0.2) is 24.3 Å². The topological polar surface area (TPSA) is 51.2 Å². The summed E-state index contributed by atoms with van der Waals surface area (Å²) < 4.78 is 0. The van der Waals surface area contributed by atoms with Gasteiger partial charge < -0.3 is 14.4 Å². The third-order valence-electron chi connectivity index (χ3n) is 1.22. The van der Waals surface area contributed by atoms with E-state index in [0.717, 1.165) is 0 Å². The summed E-state index contributed by atoms with van der Waals surface area (Å²) >= 11 is 0. The fourth-order valence-electron chi connectivity index (χ4n) is 0.637. The van der Waals surface area contributed by atoms with Crippen LogP contribution in [0, 0.1) is 13.8 Å². The van der Waals surface area contributed by atoms with Crippen LogP contribution in [0.2, 0.25) is 0 Å². The maximum Gasteiger partial charge on any atom is 0.106 e. The maximum atomic E-state index is 8.00. The molecule has 0 fully saturated rings. The second-order valence-electron chi connectivity index (χ2n) is 2.15. The third-order valence-corrected chi connectivity index (χ3v) is 1.22. The number of rotatable bonds is 0. The Kier molecular flexibility index (Phi) is 36.1. The van der Waals surface area contributed by atoms with E-state index in [1.54, 1.807) is 0 Å². The molecule has 3 nitrogen and oxygen atoms in total. The summed E-state index contributed by atoms with van der Waals surface area (Å²) in [5.41, 5.74) is 2.66. The molecule has 0 saturated heterocycles. The van der Waals surface area contributed by atoms with Gasteiger partial charge in [-0.15, -0.1) is 0 Å². The minimum Gasteiger partial charge on any atom is -0.307 e. The minimum absolute atomic E-state index is 0. The Morgan fingerprint density at radius 3 is 0.933 bits per heavy atom. The molecule has 0 aliphatic rings. The molecule has 0 spiro atoms. The van der Waals surface area contributed by atoms with Gasteiger partial charge in [-0.25, -0.2) is 0 Å². The predicted molar refractivity (Wildman–Crippen MR) is 57.3 cm³/mol. The molecule has 0 unspecified atom stereocenters. The van der Waals surface area contributed by atoms with Gasteiger partial charge in [0.05, 0.1) is 0 Å². The van der Waals surface area contributed by atoms with Crippen molar-refractivity contribution in [3.63, 3.8) is 0 Å². The van der Waals surface area contributed by atoms with Crippen molar-refractivity contribution in [2.45, 2.75) is 13.8 Å². The molecule has 0 aliphatic carbocycles. The number of aryl methyl sites for hydroxylation is 2. The quantitative estimate of drug-likeness (QED) is 0.702. The molecule has 1 rings (SSSR count). The predicted octanol–water partition coefficient (Wildman–Crippen LogP) is 1.75. The van der Waals surface area contributed by atoms with Crippen LogP contribution in [0.4, 0.5) is 0 Å². The Morgan fingerprint density at radius 1 is 0.667 bits per heavy atom. The number of benzene rings is 1. The largest absolute Gasteiger partial charge is 0.307 e. The van der Waals surface area contributed by atoms with E-state index in [-0.39, 0.29) is 17.4 Å². The van der Waals surface area contributed by atoms with Crippen molar-refractivity contribution in [3.05, 3.63) is 35.4 Å². The molecule has 1 aromatic rings. The van der Waals surface area contributed by atoms with E-state index in [1.165, 1.54) is 11.1 Å². The van der Waals surface area contributed by atoms with E-state index in [0.29, 0.717) is 0 Å². The monoisotopic (exact) mass is 248 g/mol. The van der Waals surface area contributed by atoms with Crippen LogP contribution in [-0.4, -0.2) is 20.4 Å². The van der Waals surface area contributed by atoms with E-state index >= 15 is 0 Å². The van der Waals surface area contributed by atoms with Gasteiger partial charge in [0.1, 0.15) is 20.4 Å². The molecular formula is C11H16CrO3. The fraction of sp³-hybridized carbons (Fsp3) is 0.182. The summed E-state index contributed by atoms with van der Waals surface area (Å²) in [7, 11) is 0. The SMILES string of the molecule is C=O.C=O.C=O.Cc1ccc(C)cc1.[Cr]. The van der Waals surface area contributed by atoms with Crippen LogP contribution in [-0.2, 0) is 31.7 Å². The molecule has 0 aromatic heterocycles. The molecule has 0 N–H and O–H groups in total. The molecule has 0 atom stereocenters. The maximum absolute atomic E-state index is 8.00. The van der Waals surface area contributed by atoms with Crippen molar-refractivity contribution in [2.75, 3.05) is 0 Å². The van der Waals surface area contributed by atoms with Gasteiger partial charge in [-0.3, -0.25) is 0 Å². The number of carbonyl (C=O) groups is 3. The number of hydrogen-bond acceptors (Lipinski definition) is 3. The molecule has 0 heterocycles. The van der Waals surface area contributed by atoms with Crippen molar-refractivity contribution >= 4 is 20.4 Å². The van der Waals surface area contributed by atoms with Gasteiger partial charge in [0.25, 0.3) is 0 Å². The third kappa shape index (κ3) is 19.3. The summed E-state index contributed by atoms with van der Waals surface area (Å²) in [5, 5.41) is 0. The Balaban J connectivity index is -0.0000000755. The van der Waals surface area contributed by atoms with Crippen molar-refractivity contribution in [1.82, 2.24) is 0 Å². The van der Waals surface area contributed by atoms with Crippen LogP contribution in [0.1, 0.15) is 11.1 Å². The van der Waals surface area contributed by atoms with Crippen LogP contribution >= 0.6 is 0 Å². The van der Waals surface area contributed by atoms with Crippen molar-refractivity contribution in [1.29, 1.82) is 0 Å². The first-order chi connectivity index (χ1) is 6.79. The molecule has 84 valence electrons. The summed E-state index contributed by atoms with van der Waals surface area (Å²) in [6.07, 6.45) is 0. The molecule has 0 bridgehead atoms. The standard InChI is InChI=1S/C8H10.3CH2O.Cr/c1-7-3-5-8(2)6-4-7;3*1-2;/h3-6H,1-2H3;3*1H2;. The second kappa shape index (κ2) is 23.0. The average Bonchev–Trinajstić information content (AvgIpc) is 2.31. The van der Waals surface area contributed by atoms with Crippen LogP contribution in [0.5, 0.6) is 0 Å². The summed E-state index contributed by atoms with van der Waals surface area (Å²) in [4.78, 5) is 24.0. The zero-order valence-corrected chi connectivity index (χ0v) is 10.3. The minimum atomic E-state index is 0. The van der Waals surface area contributed by atoms with E-state index in [9.17, 15) is 0 Å². The molecule has 0 saturated carbocycles. The van der Waals surface area contributed by atoms with Crippen molar-refractivity contribution in [2.24, 2.45) is 0 Å². The summed E-state index contributed by atoms with van der Waals surface area (Å²) in [5.74, 6) is 0.